The van der Waals surface area contributed by atoms with Crippen molar-refractivity contribution in [3.63, 3.8) is 0 Å². The molecule has 0 spiro atoms. The fraction of sp³-hybridized carbons (Fsp3) is 0.571. The maximum absolute atomic E-state index is 6.47. The molecule has 0 heterocycles. The van der Waals surface area contributed by atoms with Crippen molar-refractivity contribution in [1.82, 2.24) is 0 Å². The second-order valence-electron chi connectivity index (χ2n) is 5.06. The van der Waals surface area contributed by atoms with Gasteiger partial charge in [-0.25, -0.2) is 0 Å². The van der Waals surface area contributed by atoms with Gasteiger partial charge in [-0.1, -0.05) is 30.9 Å². The summed E-state index contributed by atoms with van der Waals surface area (Å²) in [5, 5.41) is 0.750. The zero-order chi connectivity index (χ0) is 12.3. The molecule has 94 valence electrons. The molecule has 0 bridgehead atoms. The highest BCUT2D eigenvalue weighted by Gasteiger charge is 2.28. The predicted molar refractivity (Wildman–Crippen MR) is 71.7 cm³/mol. The van der Waals surface area contributed by atoms with Crippen molar-refractivity contribution in [2.45, 2.75) is 44.1 Å². The van der Waals surface area contributed by atoms with Crippen LogP contribution in [0.15, 0.2) is 18.2 Å². The van der Waals surface area contributed by atoms with Crippen molar-refractivity contribution in [3.05, 3.63) is 28.8 Å². The van der Waals surface area contributed by atoms with Crippen LogP contribution in [0.3, 0.4) is 0 Å². The maximum atomic E-state index is 6.47. The summed E-state index contributed by atoms with van der Waals surface area (Å²) in [6.45, 7) is 0. The third kappa shape index (κ3) is 3.14. The number of rotatable bonds is 3. The van der Waals surface area contributed by atoms with Gasteiger partial charge in [-0.05, 0) is 43.0 Å². The van der Waals surface area contributed by atoms with Crippen LogP contribution >= 0.6 is 11.6 Å². The highest BCUT2D eigenvalue weighted by atomic mass is 35.5. The molecular weight excluding hydrogens is 234 g/mol. The van der Waals surface area contributed by atoms with Crippen molar-refractivity contribution in [3.8, 4) is 5.75 Å². The normalized spacial score (nSPS) is 19.0. The third-order valence-corrected chi connectivity index (χ3v) is 3.87. The highest BCUT2D eigenvalue weighted by Crippen LogP contribution is 2.33. The van der Waals surface area contributed by atoms with Crippen LogP contribution in [0, 0.1) is 0 Å². The van der Waals surface area contributed by atoms with E-state index in [1.54, 1.807) is 7.11 Å². The van der Waals surface area contributed by atoms with Gasteiger partial charge >= 0.3 is 0 Å². The van der Waals surface area contributed by atoms with Crippen LogP contribution in [0.1, 0.15) is 37.7 Å². The van der Waals surface area contributed by atoms with E-state index in [0.29, 0.717) is 0 Å². The average molecular weight is 254 g/mol. The second kappa shape index (κ2) is 5.28. The van der Waals surface area contributed by atoms with Gasteiger partial charge < -0.3 is 10.5 Å². The number of nitrogens with two attached hydrogens (primary N) is 1. The van der Waals surface area contributed by atoms with Crippen molar-refractivity contribution >= 4 is 11.6 Å². The van der Waals surface area contributed by atoms with Gasteiger partial charge in [0.25, 0.3) is 0 Å². The van der Waals surface area contributed by atoms with Gasteiger partial charge in [-0.2, -0.15) is 0 Å². The van der Waals surface area contributed by atoms with E-state index in [4.69, 9.17) is 22.1 Å². The van der Waals surface area contributed by atoms with Crippen LogP contribution in [0.4, 0.5) is 0 Å². The molecule has 0 saturated heterocycles. The maximum Gasteiger partial charge on any atom is 0.122 e. The molecule has 0 amide bonds. The first-order chi connectivity index (χ1) is 8.13. The Morgan fingerprint density at radius 1 is 1.29 bits per heavy atom. The van der Waals surface area contributed by atoms with Crippen molar-refractivity contribution < 1.29 is 4.74 Å². The standard InChI is InChI=1S/C14H20ClNO/c1-17-13-6-5-12(15)9-11(13)10-14(16)7-3-2-4-8-14/h5-6,9H,2-4,7-8,10,16H2,1H3. The summed E-state index contributed by atoms with van der Waals surface area (Å²) < 4.78 is 5.37. The average Bonchev–Trinajstić information content (AvgIpc) is 2.29. The minimum absolute atomic E-state index is 0.0732. The van der Waals surface area contributed by atoms with Gasteiger partial charge in [0.05, 0.1) is 7.11 Å². The number of halogens is 1. The quantitative estimate of drug-likeness (QED) is 0.894. The number of ether oxygens (including phenoxy) is 1. The first-order valence-electron chi connectivity index (χ1n) is 6.24. The molecule has 0 radical (unpaired) electrons. The monoisotopic (exact) mass is 253 g/mol. The Balaban J connectivity index is 2.19. The van der Waals surface area contributed by atoms with Gasteiger partial charge in [0.2, 0.25) is 0 Å². The van der Waals surface area contributed by atoms with Crippen LogP contribution in [0.5, 0.6) is 5.75 Å². The van der Waals surface area contributed by atoms with E-state index in [-0.39, 0.29) is 5.54 Å². The van der Waals surface area contributed by atoms with Crippen molar-refractivity contribution in [1.29, 1.82) is 0 Å². The van der Waals surface area contributed by atoms with E-state index in [1.165, 1.54) is 19.3 Å². The molecule has 17 heavy (non-hydrogen) atoms. The third-order valence-electron chi connectivity index (χ3n) is 3.63. The number of benzene rings is 1. The molecule has 0 atom stereocenters. The Labute approximate surface area is 108 Å². The van der Waals surface area contributed by atoms with E-state index in [2.05, 4.69) is 0 Å². The Morgan fingerprint density at radius 2 is 2.00 bits per heavy atom. The molecule has 1 aliphatic rings. The molecule has 2 rings (SSSR count). The summed E-state index contributed by atoms with van der Waals surface area (Å²) in [5.41, 5.74) is 7.52. The molecule has 0 unspecified atom stereocenters. The molecule has 1 saturated carbocycles. The molecular formula is C14H20ClNO. The van der Waals surface area contributed by atoms with Gasteiger partial charge in [0.1, 0.15) is 5.75 Å². The molecule has 1 aromatic carbocycles. The van der Waals surface area contributed by atoms with Crippen LogP contribution in [-0.4, -0.2) is 12.6 Å². The van der Waals surface area contributed by atoms with Crippen LogP contribution in [-0.2, 0) is 6.42 Å². The van der Waals surface area contributed by atoms with E-state index in [1.807, 2.05) is 18.2 Å². The molecule has 0 aliphatic heterocycles. The highest BCUT2D eigenvalue weighted by molar-refractivity contribution is 6.30. The van der Waals surface area contributed by atoms with Gasteiger partial charge in [0.15, 0.2) is 0 Å². The number of hydrogen-bond donors (Lipinski definition) is 1. The summed E-state index contributed by atoms with van der Waals surface area (Å²) in [6.07, 6.45) is 6.84. The number of methoxy groups -OCH3 is 1. The van der Waals surface area contributed by atoms with E-state index >= 15 is 0 Å². The summed E-state index contributed by atoms with van der Waals surface area (Å²) >= 11 is 6.04. The Morgan fingerprint density at radius 3 is 2.65 bits per heavy atom. The van der Waals surface area contributed by atoms with Crippen LogP contribution in [0.25, 0.3) is 0 Å². The summed E-state index contributed by atoms with van der Waals surface area (Å²) in [7, 11) is 1.69. The molecule has 1 aromatic rings. The SMILES string of the molecule is COc1ccc(Cl)cc1CC1(N)CCCCC1. The molecule has 1 fully saturated rings. The second-order valence-corrected chi connectivity index (χ2v) is 5.49. The van der Waals surface area contributed by atoms with Gasteiger partial charge in [-0.3, -0.25) is 0 Å². The number of hydrogen-bond acceptors (Lipinski definition) is 2. The lowest BCUT2D eigenvalue weighted by Gasteiger charge is -2.34. The Kier molecular flexibility index (Phi) is 3.95. The van der Waals surface area contributed by atoms with Crippen LogP contribution < -0.4 is 10.5 Å². The lowest BCUT2D eigenvalue weighted by molar-refractivity contribution is 0.290. The fourth-order valence-corrected chi connectivity index (χ4v) is 2.89. The van der Waals surface area contributed by atoms with Gasteiger partial charge in [-0.15, -0.1) is 0 Å². The molecule has 2 N–H and O–H groups in total. The molecule has 1 aliphatic carbocycles. The van der Waals surface area contributed by atoms with Gasteiger partial charge in [0, 0.05) is 10.6 Å². The summed E-state index contributed by atoms with van der Waals surface area (Å²) in [6, 6.07) is 5.75. The first kappa shape index (κ1) is 12.7. The first-order valence-corrected chi connectivity index (χ1v) is 6.62. The largest absolute Gasteiger partial charge is 0.496 e. The predicted octanol–water partition coefficient (Wildman–Crippen LogP) is 3.55. The minimum Gasteiger partial charge on any atom is -0.496 e. The summed E-state index contributed by atoms with van der Waals surface area (Å²) in [5.74, 6) is 0.893. The minimum atomic E-state index is -0.0732. The zero-order valence-corrected chi connectivity index (χ0v) is 11.1. The zero-order valence-electron chi connectivity index (χ0n) is 10.3. The molecule has 3 heteroatoms. The lowest BCUT2D eigenvalue weighted by atomic mass is 9.78. The Bertz CT molecular complexity index is 386. The molecule has 0 aromatic heterocycles. The smallest absolute Gasteiger partial charge is 0.122 e. The Hall–Kier alpha value is -0.730. The fourth-order valence-electron chi connectivity index (χ4n) is 2.70. The van der Waals surface area contributed by atoms with Crippen molar-refractivity contribution in [2.24, 2.45) is 5.73 Å². The van der Waals surface area contributed by atoms with Crippen molar-refractivity contribution in [2.75, 3.05) is 7.11 Å². The van der Waals surface area contributed by atoms with E-state index < -0.39 is 0 Å². The van der Waals surface area contributed by atoms with Crippen LogP contribution in [0.2, 0.25) is 5.02 Å². The summed E-state index contributed by atoms with van der Waals surface area (Å²) in [4.78, 5) is 0. The van der Waals surface area contributed by atoms with E-state index in [9.17, 15) is 0 Å². The topological polar surface area (TPSA) is 35.2 Å². The molecule has 2 nitrogen and oxygen atoms in total. The van der Waals surface area contributed by atoms with E-state index in [0.717, 1.165) is 35.6 Å². The lowest BCUT2D eigenvalue weighted by Crippen LogP contribution is -2.43.